The van der Waals surface area contributed by atoms with Gasteiger partial charge in [-0.3, -0.25) is 9.59 Å². The predicted octanol–water partition coefficient (Wildman–Crippen LogP) is 1.61. The number of amides is 1. The molecule has 7 nitrogen and oxygen atoms in total. The highest BCUT2D eigenvalue weighted by Gasteiger charge is 2.35. The average molecular weight is 375 g/mol. The fourth-order valence-electron chi connectivity index (χ4n) is 3.38. The van der Waals surface area contributed by atoms with Gasteiger partial charge < -0.3 is 25.4 Å². The zero-order valence-corrected chi connectivity index (χ0v) is 16.5. The SMILES string of the molecule is COc1ccc(CNC(=O)C(=O)C2CCCN2C(CN)=C(C)C)cc1OC. The lowest BCUT2D eigenvalue weighted by Crippen LogP contribution is -2.45. The van der Waals surface area contributed by atoms with Gasteiger partial charge in [-0.25, -0.2) is 0 Å². The molecule has 0 aromatic heterocycles. The van der Waals surface area contributed by atoms with Crippen LogP contribution in [0, 0.1) is 0 Å². The molecule has 0 radical (unpaired) electrons. The molecule has 1 heterocycles. The molecule has 2 rings (SSSR count). The summed E-state index contributed by atoms with van der Waals surface area (Å²) in [6, 6.07) is 4.93. The zero-order valence-electron chi connectivity index (χ0n) is 16.5. The van der Waals surface area contributed by atoms with Crippen LogP contribution in [0.5, 0.6) is 11.5 Å². The molecule has 1 aromatic rings. The number of hydrogen-bond acceptors (Lipinski definition) is 6. The maximum absolute atomic E-state index is 12.7. The van der Waals surface area contributed by atoms with Crippen LogP contribution in [0.3, 0.4) is 0 Å². The number of nitrogens with zero attached hydrogens (tertiary/aromatic N) is 1. The van der Waals surface area contributed by atoms with E-state index in [1.165, 1.54) is 0 Å². The number of methoxy groups -OCH3 is 2. The van der Waals surface area contributed by atoms with E-state index in [9.17, 15) is 9.59 Å². The minimum atomic E-state index is -0.577. The van der Waals surface area contributed by atoms with Crippen molar-refractivity contribution in [1.29, 1.82) is 0 Å². The second-order valence-electron chi connectivity index (χ2n) is 6.74. The predicted molar refractivity (Wildman–Crippen MR) is 104 cm³/mol. The molecule has 1 unspecified atom stereocenters. The first-order valence-electron chi connectivity index (χ1n) is 9.08. The molecule has 7 heteroatoms. The molecule has 1 fully saturated rings. The molecule has 0 spiro atoms. The molecule has 1 amide bonds. The van der Waals surface area contributed by atoms with Crippen molar-refractivity contribution in [2.24, 2.45) is 5.73 Å². The Labute approximate surface area is 160 Å². The van der Waals surface area contributed by atoms with E-state index < -0.39 is 17.7 Å². The number of likely N-dealkylation sites (tertiary alicyclic amines) is 1. The van der Waals surface area contributed by atoms with Crippen LogP contribution in [0.4, 0.5) is 0 Å². The third-order valence-corrected chi connectivity index (χ3v) is 4.80. The van der Waals surface area contributed by atoms with Crippen LogP contribution in [-0.4, -0.2) is 49.9 Å². The number of allylic oxidation sites excluding steroid dienone is 1. The van der Waals surface area contributed by atoms with Gasteiger partial charge in [0.1, 0.15) is 0 Å². The number of benzene rings is 1. The molecular formula is C20H29N3O4. The first-order chi connectivity index (χ1) is 12.9. The molecule has 1 aliphatic rings. The molecule has 1 aliphatic heterocycles. The Balaban J connectivity index is 2.03. The van der Waals surface area contributed by atoms with E-state index in [0.717, 1.165) is 29.8 Å². The van der Waals surface area contributed by atoms with Crippen LogP contribution < -0.4 is 20.5 Å². The van der Waals surface area contributed by atoms with Gasteiger partial charge >= 0.3 is 0 Å². The lowest BCUT2D eigenvalue weighted by molar-refractivity contribution is -0.140. The highest BCUT2D eigenvalue weighted by molar-refractivity contribution is 6.38. The van der Waals surface area contributed by atoms with Gasteiger partial charge in [-0.1, -0.05) is 11.6 Å². The average Bonchev–Trinajstić information content (AvgIpc) is 3.14. The second-order valence-corrected chi connectivity index (χ2v) is 6.74. The Morgan fingerprint density at radius 1 is 1.22 bits per heavy atom. The Kier molecular flexibility index (Phi) is 7.24. The minimum Gasteiger partial charge on any atom is -0.493 e. The maximum Gasteiger partial charge on any atom is 0.289 e. The lowest BCUT2D eigenvalue weighted by atomic mass is 10.1. The third kappa shape index (κ3) is 4.80. The van der Waals surface area contributed by atoms with Gasteiger partial charge in [-0.15, -0.1) is 0 Å². The molecule has 27 heavy (non-hydrogen) atoms. The summed E-state index contributed by atoms with van der Waals surface area (Å²) >= 11 is 0. The van der Waals surface area contributed by atoms with E-state index in [1.54, 1.807) is 26.4 Å². The van der Waals surface area contributed by atoms with Crippen molar-refractivity contribution in [3.8, 4) is 11.5 Å². The van der Waals surface area contributed by atoms with E-state index in [-0.39, 0.29) is 6.54 Å². The van der Waals surface area contributed by atoms with Gasteiger partial charge in [0.2, 0.25) is 5.78 Å². The number of carbonyl (C=O) groups excluding carboxylic acids is 2. The monoisotopic (exact) mass is 375 g/mol. The van der Waals surface area contributed by atoms with Crippen LogP contribution in [0.25, 0.3) is 0 Å². The molecule has 0 aliphatic carbocycles. The van der Waals surface area contributed by atoms with Gasteiger partial charge in [0, 0.05) is 25.3 Å². The summed E-state index contributed by atoms with van der Waals surface area (Å²) in [5, 5.41) is 2.71. The quantitative estimate of drug-likeness (QED) is 0.671. The maximum atomic E-state index is 12.7. The topological polar surface area (TPSA) is 93.9 Å². The molecule has 148 valence electrons. The van der Waals surface area contributed by atoms with Crippen LogP contribution >= 0.6 is 0 Å². The van der Waals surface area contributed by atoms with Crippen LogP contribution in [-0.2, 0) is 16.1 Å². The van der Waals surface area contributed by atoms with Gasteiger partial charge in [-0.05, 0) is 44.4 Å². The normalized spacial score (nSPS) is 16.0. The van der Waals surface area contributed by atoms with Gasteiger partial charge in [-0.2, -0.15) is 0 Å². The van der Waals surface area contributed by atoms with Crippen molar-refractivity contribution >= 4 is 11.7 Å². The molecule has 0 saturated carbocycles. The van der Waals surface area contributed by atoms with Crippen molar-refractivity contribution in [1.82, 2.24) is 10.2 Å². The van der Waals surface area contributed by atoms with E-state index in [1.807, 2.05) is 24.8 Å². The lowest BCUT2D eigenvalue weighted by Gasteiger charge is -2.28. The number of rotatable bonds is 8. The molecule has 1 saturated heterocycles. The van der Waals surface area contributed by atoms with Crippen LogP contribution in [0.15, 0.2) is 29.5 Å². The van der Waals surface area contributed by atoms with Crippen LogP contribution in [0.2, 0.25) is 0 Å². The molecule has 1 atom stereocenters. The highest BCUT2D eigenvalue weighted by atomic mass is 16.5. The standard InChI is InChI=1S/C20H29N3O4/c1-13(2)16(11-21)23-9-5-6-15(23)19(24)20(25)22-12-14-7-8-17(26-3)18(10-14)27-4/h7-8,10,15H,5-6,9,11-12,21H2,1-4H3,(H,22,25). The highest BCUT2D eigenvalue weighted by Crippen LogP contribution is 2.27. The summed E-state index contributed by atoms with van der Waals surface area (Å²) in [5.74, 6) is 0.196. The first-order valence-corrected chi connectivity index (χ1v) is 9.08. The van der Waals surface area contributed by atoms with E-state index >= 15 is 0 Å². The summed E-state index contributed by atoms with van der Waals surface area (Å²) < 4.78 is 10.5. The minimum absolute atomic E-state index is 0.240. The Morgan fingerprint density at radius 3 is 2.52 bits per heavy atom. The van der Waals surface area contributed by atoms with E-state index in [4.69, 9.17) is 15.2 Å². The fraction of sp³-hybridized carbons (Fsp3) is 0.500. The Bertz CT molecular complexity index is 726. The number of hydrogen-bond donors (Lipinski definition) is 2. The molecule has 1 aromatic carbocycles. The summed E-state index contributed by atoms with van der Waals surface area (Å²) in [5.41, 5.74) is 8.68. The van der Waals surface area contributed by atoms with Gasteiger partial charge in [0.05, 0.1) is 20.3 Å². The van der Waals surface area contributed by atoms with Crippen LogP contribution in [0.1, 0.15) is 32.3 Å². The van der Waals surface area contributed by atoms with Crippen molar-refractivity contribution in [2.75, 3.05) is 27.3 Å². The molecule has 3 N–H and O–H groups in total. The van der Waals surface area contributed by atoms with Crippen molar-refractivity contribution < 1.29 is 19.1 Å². The number of ketones is 1. The Hall–Kier alpha value is -2.54. The van der Waals surface area contributed by atoms with Gasteiger partial charge in [0.15, 0.2) is 11.5 Å². The summed E-state index contributed by atoms with van der Waals surface area (Å²) in [6.07, 6.45) is 1.54. The largest absolute Gasteiger partial charge is 0.493 e. The zero-order chi connectivity index (χ0) is 20.0. The van der Waals surface area contributed by atoms with E-state index in [0.29, 0.717) is 24.5 Å². The number of nitrogens with two attached hydrogens (primary N) is 1. The smallest absolute Gasteiger partial charge is 0.289 e. The number of Topliss-reactive ketones (excluding diaryl/α,β-unsaturated/α-hetero) is 1. The number of nitrogens with one attached hydrogen (secondary N) is 1. The third-order valence-electron chi connectivity index (χ3n) is 4.80. The Morgan fingerprint density at radius 2 is 1.93 bits per heavy atom. The summed E-state index contributed by atoms with van der Waals surface area (Å²) in [7, 11) is 3.12. The second kappa shape index (κ2) is 9.41. The van der Waals surface area contributed by atoms with Crippen molar-refractivity contribution in [2.45, 2.75) is 39.3 Å². The van der Waals surface area contributed by atoms with Crippen molar-refractivity contribution in [3.05, 3.63) is 35.0 Å². The van der Waals surface area contributed by atoms with E-state index in [2.05, 4.69) is 5.32 Å². The fourth-order valence-corrected chi connectivity index (χ4v) is 3.38. The number of ether oxygens (including phenoxy) is 2. The molecular weight excluding hydrogens is 346 g/mol. The number of carbonyl (C=O) groups is 2. The van der Waals surface area contributed by atoms with Crippen molar-refractivity contribution in [3.63, 3.8) is 0 Å². The van der Waals surface area contributed by atoms with Gasteiger partial charge in [0.25, 0.3) is 5.91 Å². The first kappa shape index (κ1) is 20.8. The molecule has 0 bridgehead atoms. The summed E-state index contributed by atoms with van der Waals surface area (Å²) in [4.78, 5) is 27.1. The summed E-state index contributed by atoms with van der Waals surface area (Å²) in [6.45, 7) is 5.29.